The van der Waals surface area contributed by atoms with Crippen LogP contribution in [0.3, 0.4) is 0 Å². The van der Waals surface area contributed by atoms with E-state index in [0.29, 0.717) is 10.1 Å². The Kier molecular flexibility index (Phi) is 2.07. The SMILES string of the molecule is CC1NCCC(C)(C)S1. The molecule has 1 saturated heterocycles. The minimum atomic E-state index is 0.505. The third kappa shape index (κ3) is 2.18. The van der Waals surface area contributed by atoms with Gasteiger partial charge in [0, 0.05) is 4.75 Å². The van der Waals surface area contributed by atoms with Gasteiger partial charge in [-0.15, -0.1) is 11.8 Å². The second-order valence-electron chi connectivity index (χ2n) is 3.22. The van der Waals surface area contributed by atoms with Crippen LogP contribution >= 0.6 is 11.8 Å². The van der Waals surface area contributed by atoms with Crippen molar-refractivity contribution >= 4 is 11.8 Å². The lowest BCUT2D eigenvalue weighted by molar-refractivity contribution is 0.535. The van der Waals surface area contributed by atoms with Crippen LogP contribution in [0.25, 0.3) is 0 Å². The number of thioether (sulfide) groups is 1. The van der Waals surface area contributed by atoms with E-state index in [1.165, 1.54) is 13.0 Å². The average Bonchev–Trinajstić information content (AvgIpc) is 1.60. The van der Waals surface area contributed by atoms with Gasteiger partial charge in [0.15, 0.2) is 0 Å². The predicted octanol–water partition coefficient (Wildman–Crippen LogP) is 1.84. The lowest BCUT2D eigenvalue weighted by atomic mass is 10.1. The summed E-state index contributed by atoms with van der Waals surface area (Å²) in [6, 6.07) is 0. The summed E-state index contributed by atoms with van der Waals surface area (Å²) in [6.07, 6.45) is 1.29. The molecule has 54 valence electrons. The zero-order chi connectivity index (χ0) is 6.91. The quantitative estimate of drug-likeness (QED) is 0.558. The molecule has 1 N–H and O–H groups in total. The highest BCUT2D eigenvalue weighted by molar-refractivity contribution is 8.01. The van der Waals surface area contributed by atoms with Crippen molar-refractivity contribution < 1.29 is 0 Å². The second kappa shape index (κ2) is 2.51. The molecule has 1 atom stereocenters. The Bertz CT molecular complexity index is 101. The molecular weight excluding hydrogens is 130 g/mol. The highest BCUT2D eigenvalue weighted by Crippen LogP contribution is 2.33. The Morgan fingerprint density at radius 2 is 2.22 bits per heavy atom. The Morgan fingerprint density at radius 3 is 2.56 bits per heavy atom. The molecule has 1 fully saturated rings. The Hall–Kier alpha value is 0.310. The van der Waals surface area contributed by atoms with Gasteiger partial charge in [0.2, 0.25) is 0 Å². The van der Waals surface area contributed by atoms with E-state index in [1.54, 1.807) is 0 Å². The summed E-state index contributed by atoms with van der Waals surface area (Å²) in [6.45, 7) is 8.04. The van der Waals surface area contributed by atoms with E-state index in [2.05, 4.69) is 26.1 Å². The van der Waals surface area contributed by atoms with Crippen molar-refractivity contribution in [1.82, 2.24) is 5.32 Å². The minimum Gasteiger partial charge on any atom is -0.306 e. The molecule has 0 bridgehead atoms. The first-order chi connectivity index (χ1) is 4.10. The van der Waals surface area contributed by atoms with Crippen molar-refractivity contribution in [3.63, 3.8) is 0 Å². The number of rotatable bonds is 0. The van der Waals surface area contributed by atoms with E-state index in [9.17, 15) is 0 Å². The van der Waals surface area contributed by atoms with Gasteiger partial charge in [0.1, 0.15) is 0 Å². The van der Waals surface area contributed by atoms with Gasteiger partial charge in [-0.3, -0.25) is 0 Å². The molecule has 0 aliphatic carbocycles. The average molecular weight is 145 g/mol. The molecule has 1 nitrogen and oxygen atoms in total. The van der Waals surface area contributed by atoms with Gasteiger partial charge in [-0.05, 0) is 19.9 Å². The lowest BCUT2D eigenvalue weighted by Gasteiger charge is -2.33. The maximum Gasteiger partial charge on any atom is 0.0508 e. The van der Waals surface area contributed by atoms with Crippen molar-refractivity contribution in [1.29, 1.82) is 0 Å². The monoisotopic (exact) mass is 145 g/mol. The molecule has 1 unspecified atom stereocenters. The predicted molar refractivity (Wildman–Crippen MR) is 43.8 cm³/mol. The zero-order valence-electron chi connectivity index (χ0n) is 6.40. The van der Waals surface area contributed by atoms with Gasteiger partial charge in [-0.25, -0.2) is 0 Å². The van der Waals surface area contributed by atoms with Gasteiger partial charge in [0.25, 0.3) is 0 Å². The van der Waals surface area contributed by atoms with Crippen LogP contribution in [0, 0.1) is 0 Å². The second-order valence-corrected chi connectivity index (χ2v) is 5.27. The summed E-state index contributed by atoms with van der Waals surface area (Å²) in [7, 11) is 0. The minimum absolute atomic E-state index is 0.505. The largest absolute Gasteiger partial charge is 0.306 e. The molecule has 0 aromatic carbocycles. The fourth-order valence-electron chi connectivity index (χ4n) is 1.16. The van der Waals surface area contributed by atoms with E-state index in [-0.39, 0.29) is 0 Å². The summed E-state index contributed by atoms with van der Waals surface area (Å²) in [5.41, 5.74) is 0. The summed E-state index contributed by atoms with van der Waals surface area (Å²) >= 11 is 2.03. The van der Waals surface area contributed by atoms with E-state index in [1.807, 2.05) is 11.8 Å². The molecule has 1 rings (SSSR count). The first-order valence-electron chi connectivity index (χ1n) is 3.51. The number of nitrogens with one attached hydrogen (secondary N) is 1. The van der Waals surface area contributed by atoms with Crippen molar-refractivity contribution in [3.05, 3.63) is 0 Å². The van der Waals surface area contributed by atoms with E-state index in [4.69, 9.17) is 0 Å². The highest BCUT2D eigenvalue weighted by atomic mass is 32.2. The first kappa shape index (κ1) is 7.42. The molecule has 0 aromatic heterocycles. The molecule has 0 saturated carbocycles. The van der Waals surface area contributed by atoms with Gasteiger partial charge in [-0.1, -0.05) is 13.8 Å². The van der Waals surface area contributed by atoms with Crippen LogP contribution in [0.4, 0.5) is 0 Å². The maximum atomic E-state index is 3.40. The molecule has 0 aromatic rings. The lowest BCUT2D eigenvalue weighted by Crippen LogP contribution is -2.38. The smallest absolute Gasteiger partial charge is 0.0508 e. The standard InChI is InChI=1S/C7H15NS/c1-6-8-5-4-7(2,3)9-6/h6,8H,4-5H2,1-3H3. The van der Waals surface area contributed by atoms with Crippen molar-refractivity contribution in [2.24, 2.45) is 0 Å². The molecule has 2 heteroatoms. The van der Waals surface area contributed by atoms with Gasteiger partial charge < -0.3 is 5.32 Å². The first-order valence-corrected chi connectivity index (χ1v) is 4.39. The summed E-state index contributed by atoms with van der Waals surface area (Å²) in [5, 5.41) is 4.05. The van der Waals surface area contributed by atoms with E-state index in [0.717, 1.165) is 0 Å². The van der Waals surface area contributed by atoms with Crippen LogP contribution in [0.2, 0.25) is 0 Å². The topological polar surface area (TPSA) is 12.0 Å². The fourth-order valence-corrected chi connectivity index (χ4v) is 2.53. The summed E-state index contributed by atoms with van der Waals surface area (Å²) in [4.78, 5) is 0. The molecule has 1 heterocycles. The van der Waals surface area contributed by atoms with Gasteiger partial charge in [0.05, 0.1) is 5.37 Å². The maximum absolute atomic E-state index is 3.40. The van der Waals surface area contributed by atoms with Crippen LogP contribution in [-0.4, -0.2) is 16.7 Å². The van der Waals surface area contributed by atoms with Crippen molar-refractivity contribution in [3.8, 4) is 0 Å². The molecule has 0 spiro atoms. The van der Waals surface area contributed by atoms with Crippen LogP contribution in [0.15, 0.2) is 0 Å². The molecule has 1 aliphatic heterocycles. The van der Waals surface area contributed by atoms with Crippen LogP contribution in [-0.2, 0) is 0 Å². The molecule has 0 radical (unpaired) electrons. The van der Waals surface area contributed by atoms with Crippen LogP contribution < -0.4 is 5.32 Å². The molecule has 9 heavy (non-hydrogen) atoms. The Morgan fingerprint density at radius 1 is 1.56 bits per heavy atom. The van der Waals surface area contributed by atoms with Crippen LogP contribution in [0.1, 0.15) is 27.2 Å². The zero-order valence-corrected chi connectivity index (χ0v) is 7.22. The third-order valence-electron chi connectivity index (χ3n) is 1.65. The summed E-state index contributed by atoms with van der Waals surface area (Å²) < 4.78 is 0.505. The number of hydrogen-bond donors (Lipinski definition) is 1. The number of hydrogen-bond acceptors (Lipinski definition) is 2. The highest BCUT2D eigenvalue weighted by Gasteiger charge is 2.25. The molecular formula is C7H15NS. The van der Waals surface area contributed by atoms with Crippen molar-refractivity contribution in [2.45, 2.75) is 37.3 Å². The van der Waals surface area contributed by atoms with Crippen molar-refractivity contribution in [2.75, 3.05) is 6.54 Å². The van der Waals surface area contributed by atoms with E-state index < -0.39 is 0 Å². The molecule has 0 amide bonds. The third-order valence-corrected chi connectivity index (χ3v) is 3.02. The Balaban J connectivity index is 2.41. The Labute approximate surface area is 61.6 Å². The summed E-state index contributed by atoms with van der Waals surface area (Å²) in [5.74, 6) is 0. The van der Waals surface area contributed by atoms with E-state index >= 15 is 0 Å². The normalized spacial score (nSPS) is 34.3. The fraction of sp³-hybridized carbons (Fsp3) is 1.00. The van der Waals surface area contributed by atoms with Gasteiger partial charge >= 0.3 is 0 Å². The van der Waals surface area contributed by atoms with Gasteiger partial charge in [-0.2, -0.15) is 0 Å². The van der Waals surface area contributed by atoms with Crippen LogP contribution in [0.5, 0.6) is 0 Å². The molecule has 1 aliphatic rings.